The average Bonchev–Trinajstić information content (AvgIpc) is 2.10. The van der Waals surface area contributed by atoms with Crippen LogP contribution in [-0.2, 0) is 0 Å². The van der Waals surface area contributed by atoms with Crippen molar-refractivity contribution in [3.63, 3.8) is 0 Å². The van der Waals surface area contributed by atoms with Crippen molar-refractivity contribution in [2.24, 2.45) is 16.0 Å². The highest BCUT2D eigenvalue weighted by atomic mass is 15.1. The second kappa shape index (κ2) is 17.1. The fraction of sp³-hybridized carbons (Fsp3) is 0.600. The van der Waals surface area contributed by atoms with E-state index in [1.54, 1.807) is 13.1 Å². The zero-order chi connectivity index (χ0) is 11.3. The molecule has 0 fully saturated rings. The number of rotatable bonds is 2. The number of azo groups is 1. The van der Waals surface area contributed by atoms with Crippen molar-refractivity contribution >= 4 is 0 Å². The molecule has 0 aliphatic rings. The van der Waals surface area contributed by atoms with Crippen LogP contribution in [0.5, 0.6) is 0 Å². The summed E-state index contributed by atoms with van der Waals surface area (Å²) in [6.07, 6.45) is 1.66. The largest absolute Gasteiger partial charge is 0.382 e. The third kappa shape index (κ3) is 24.8. The number of allylic oxidation sites excluding steroid dienone is 2. The van der Waals surface area contributed by atoms with E-state index in [2.05, 4.69) is 16.8 Å². The van der Waals surface area contributed by atoms with E-state index in [9.17, 15) is 0 Å². The Labute approximate surface area is 82.4 Å². The number of hydrogen-bond donors (Lipinski definition) is 1. The van der Waals surface area contributed by atoms with Crippen molar-refractivity contribution in [3.8, 4) is 0 Å². The van der Waals surface area contributed by atoms with E-state index in [0.717, 1.165) is 5.57 Å². The van der Waals surface area contributed by atoms with Crippen molar-refractivity contribution in [1.29, 1.82) is 0 Å². The Bertz CT molecular complexity index is 158. The first-order chi connectivity index (χ1) is 6.16. The van der Waals surface area contributed by atoms with Crippen molar-refractivity contribution in [3.05, 3.63) is 24.0 Å². The van der Waals surface area contributed by atoms with Crippen LogP contribution in [0.2, 0.25) is 0 Å². The molecule has 0 aromatic rings. The molecule has 0 heterocycles. The Balaban J connectivity index is -0.000000218. The molecule has 0 saturated carbocycles. The van der Waals surface area contributed by atoms with Gasteiger partial charge in [0.15, 0.2) is 0 Å². The van der Waals surface area contributed by atoms with Crippen LogP contribution in [0.3, 0.4) is 0 Å². The second-order valence-corrected chi connectivity index (χ2v) is 1.72. The standard InChI is InChI=1S/C6H11N3.2C2H6/c1-5(2)4-6(7)9-8-3;2*1-2/h4H,1,7H2,2-3H3;2*1-2H3/b6-4-,9-8?;;. The Hall–Kier alpha value is -1.12. The summed E-state index contributed by atoms with van der Waals surface area (Å²) < 4.78 is 0. The maximum absolute atomic E-state index is 5.32. The van der Waals surface area contributed by atoms with E-state index in [4.69, 9.17) is 5.73 Å². The van der Waals surface area contributed by atoms with Gasteiger partial charge in [-0.2, -0.15) is 5.11 Å². The molecule has 0 saturated heterocycles. The number of hydrogen-bond acceptors (Lipinski definition) is 3. The minimum atomic E-state index is 0.394. The fourth-order valence-corrected chi connectivity index (χ4v) is 0.397. The Morgan fingerprint density at radius 3 is 1.85 bits per heavy atom. The van der Waals surface area contributed by atoms with Crippen molar-refractivity contribution < 1.29 is 0 Å². The third-order valence-electron chi connectivity index (χ3n) is 0.610. The van der Waals surface area contributed by atoms with Gasteiger partial charge in [-0.25, -0.2) is 0 Å². The predicted molar refractivity (Wildman–Crippen MR) is 60.6 cm³/mol. The van der Waals surface area contributed by atoms with Crippen molar-refractivity contribution in [2.75, 3.05) is 7.05 Å². The molecular formula is C10H23N3. The maximum Gasteiger partial charge on any atom is 0.145 e. The maximum atomic E-state index is 5.32. The quantitative estimate of drug-likeness (QED) is 0.519. The molecule has 0 aromatic heterocycles. The van der Waals surface area contributed by atoms with Crippen LogP contribution >= 0.6 is 0 Å². The van der Waals surface area contributed by atoms with Gasteiger partial charge in [-0.15, -0.1) is 5.11 Å². The third-order valence-corrected chi connectivity index (χ3v) is 0.610. The summed E-state index contributed by atoms with van der Waals surface area (Å²) in [5.41, 5.74) is 6.20. The van der Waals surface area contributed by atoms with E-state index >= 15 is 0 Å². The van der Waals surface area contributed by atoms with Gasteiger partial charge >= 0.3 is 0 Å². The second-order valence-electron chi connectivity index (χ2n) is 1.72. The topological polar surface area (TPSA) is 50.7 Å². The first-order valence-electron chi connectivity index (χ1n) is 4.59. The smallest absolute Gasteiger partial charge is 0.145 e. The zero-order valence-electron chi connectivity index (χ0n) is 9.76. The first-order valence-corrected chi connectivity index (χ1v) is 4.59. The van der Waals surface area contributed by atoms with E-state index < -0.39 is 0 Å². The van der Waals surface area contributed by atoms with E-state index in [1.165, 1.54) is 0 Å². The lowest BCUT2D eigenvalue weighted by atomic mass is 10.3. The number of nitrogens with zero attached hydrogens (tertiary/aromatic N) is 2. The van der Waals surface area contributed by atoms with Crippen molar-refractivity contribution in [1.82, 2.24) is 0 Å². The summed E-state index contributed by atoms with van der Waals surface area (Å²) in [5, 5.41) is 7.05. The fourth-order valence-electron chi connectivity index (χ4n) is 0.397. The highest BCUT2D eigenvalue weighted by molar-refractivity contribution is 5.14. The Morgan fingerprint density at radius 2 is 1.62 bits per heavy atom. The van der Waals surface area contributed by atoms with Gasteiger partial charge in [0.2, 0.25) is 0 Å². The molecule has 3 nitrogen and oxygen atoms in total. The lowest BCUT2D eigenvalue weighted by Gasteiger charge is -1.87. The molecule has 0 aromatic carbocycles. The molecule has 0 unspecified atom stereocenters. The van der Waals surface area contributed by atoms with Gasteiger partial charge in [0.25, 0.3) is 0 Å². The molecule has 0 spiro atoms. The SMILES string of the molecule is C=C(C)/C=C(/N)N=NC.CC.CC. The Kier molecular flexibility index (Phi) is 23.5. The molecule has 78 valence electrons. The average molecular weight is 185 g/mol. The van der Waals surface area contributed by atoms with Crippen molar-refractivity contribution in [2.45, 2.75) is 34.6 Å². The molecule has 0 aliphatic carbocycles. The molecule has 0 amide bonds. The molecule has 0 aliphatic heterocycles. The molecular weight excluding hydrogens is 162 g/mol. The lowest BCUT2D eigenvalue weighted by molar-refractivity contribution is 1.06. The summed E-state index contributed by atoms with van der Waals surface area (Å²) in [6.45, 7) is 13.5. The monoisotopic (exact) mass is 185 g/mol. The van der Waals surface area contributed by atoms with E-state index in [1.807, 2.05) is 34.6 Å². The minimum Gasteiger partial charge on any atom is -0.382 e. The van der Waals surface area contributed by atoms with Crippen LogP contribution in [0.1, 0.15) is 34.6 Å². The molecule has 3 heteroatoms. The summed E-state index contributed by atoms with van der Waals surface area (Å²) >= 11 is 0. The predicted octanol–water partition coefficient (Wildman–Crippen LogP) is 3.50. The molecule has 0 rings (SSSR count). The molecule has 0 bridgehead atoms. The summed E-state index contributed by atoms with van der Waals surface area (Å²) in [5.74, 6) is 0.394. The number of nitrogens with two attached hydrogens (primary N) is 1. The Morgan fingerprint density at radius 1 is 1.23 bits per heavy atom. The van der Waals surface area contributed by atoms with Crippen LogP contribution in [0.25, 0.3) is 0 Å². The highest BCUT2D eigenvalue weighted by Gasteiger charge is 1.81. The highest BCUT2D eigenvalue weighted by Crippen LogP contribution is 1.94. The van der Waals surface area contributed by atoms with Crippen LogP contribution in [-0.4, -0.2) is 7.05 Å². The van der Waals surface area contributed by atoms with Gasteiger partial charge in [-0.05, 0) is 13.0 Å². The minimum absolute atomic E-state index is 0.394. The zero-order valence-corrected chi connectivity index (χ0v) is 9.76. The lowest BCUT2D eigenvalue weighted by Crippen LogP contribution is -1.91. The molecule has 0 radical (unpaired) electrons. The molecule has 2 N–H and O–H groups in total. The summed E-state index contributed by atoms with van der Waals surface area (Å²) in [4.78, 5) is 0. The molecule has 0 atom stereocenters. The normalized spacial score (nSPS) is 9.54. The summed E-state index contributed by atoms with van der Waals surface area (Å²) in [7, 11) is 1.57. The van der Waals surface area contributed by atoms with Crippen LogP contribution in [0, 0.1) is 0 Å². The van der Waals surface area contributed by atoms with Gasteiger partial charge in [0, 0.05) is 7.05 Å². The first kappa shape index (κ1) is 17.8. The van der Waals surface area contributed by atoms with Crippen LogP contribution in [0.4, 0.5) is 0 Å². The van der Waals surface area contributed by atoms with Gasteiger partial charge in [0.05, 0.1) is 0 Å². The van der Waals surface area contributed by atoms with E-state index in [0.29, 0.717) is 5.82 Å². The van der Waals surface area contributed by atoms with Crippen LogP contribution in [0.15, 0.2) is 34.3 Å². The van der Waals surface area contributed by atoms with Gasteiger partial charge in [0.1, 0.15) is 5.82 Å². The molecule has 13 heavy (non-hydrogen) atoms. The van der Waals surface area contributed by atoms with E-state index in [-0.39, 0.29) is 0 Å². The summed E-state index contributed by atoms with van der Waals surface area (Å²) in [6, 6.07) is 0. The van der Waals surface area contributed by atoms with Gasteiger partial charge in [-0.3, -0.25) is 0 Å². The van der Waals surface area contributed by atoms with Crippen LogP contribution < -0.4 is 5.73 Å². The van der Waals surface area contributed by atoms with Gasteiger partial charge in [-0.1, -0.05) is 39.8 Å². The van der Waals surface area contributed by atoms with Gasteiger partial charge < -0.3 is 5.73 Å².